The van der Waals surface area contributed by atoms with Crippen LogP contribution in [-0.4, -0.2) is 24.3 Å². The van der Waals surface area contributed by atoms with Gasteiger partial charge >= 0.3 is 0 Å². The molecule has 4 heteroatoms. The molecule has 0 aliphatic heterocycles. The molecule has 0 saturated heterocycles. The van der Waals surface area contributed by atoms with Gasteiger partial charge in [0.1, 0.15) is 0 Å². The van der Waals surface area contributed by atoms with Crippen LogP contribution in [-0.2, 0) is 11.3 Å². The maximum atomic E-state index is 11.3. The van der Waals surface area contributed by atoms with E-state index in [4.69, 9.17) is 4.74 Å². The molecule has 0 aromatic carbocycles. The molecule has 15 heavy (non-hydrogen) atoms. The summed E-state index contributed by atoms with van der Waals surface area (Å²) in [6.45, 7) is 5.31. The molecule has 1 unspecified atom stereocenters. The molecule has 0 aliphatic carbocycles. The van der Waals surface area contributed by atoms with Gasteiger partial charge in [0.05, 0.1) is 12.3 Å². The fourth-order valence-electron chi connectivity index (χ4n) is 1.44. The standard InChI is InChI=1S/C11H18N2O2/c1-4-13-7-10(5-6-11(13)14)12-9(2)8-15-3/h5-7,9,12H,4,8H2,1-3H3. The third-order valence-electron chi connectivity index (χ3n) is 2.15. The number of pyridine rings is 1. The second-order valence-corrected chi connectivity index (χ2v) is 3.54. The lowest BCUT2D eigenvalue weighted by Crippen LogP contribution is -2.23. The minimum atomic E-state index is 0.0300. The lowest BCUT2D eigenvalue weighted by Gasteiger charge is -2.14. The molecule has 1 heterocycles. The lowest BCUT2D eigenvalue weighted by atomic mass is 10.3. The van der Waals surface area contributed by atoms with E-state index in [1.165, 1.54) is 0 Å². The molecule has 0 amide bonds. The lowest BCUT2D eigenvalue weighted by molar-refractivity contribution is 0.190. The maximum absolute atomic E-state index is 11.3. The predicted octanol–water partition coefficient (Wildman–Crippen LogP) is 1.31. The molecule has 0 aliphatic rings. The summed E-state index contributed by atoms with van der Waals surface area (Å²) in [6.07, 6.45) is 1.83. The summed E-state index contributed by atoms with van der Waals surface area (Å²) in [7, 11) is 1.67. The van der Waals surface area contributed by atoms with E-state index >= 15 is 0 Å². The summed E-state index contributed by atoms with van der Waals surface area (Å²) in [6, 6.07) is 3.60. The Morgan fingerprint density at radius 3 is 2.87 bits per heavy atom. The van der Waals surface area contributed by atoms with Crippen molar-refractivity contribution in [2.45, 2.75) is 26.4 Å². The second kappa shape index (κ2) is 5.56. The Bertz CT molecular complexity index is 360. The van der Waals surface area contributed by atoms with Crippen LogP contribution in [0.5, 0.6) is 0 Å². The highest BCUT2D eigenvalue weighted by atomic mass is 16.5. The van der Waals surface area contributed by atoms with E-state index in [1.807, 2.05) is 20.0 Å². The van der Waals surface area contributed by atoms with Crippen molar-refractivity contribution in [3.05, 3.63) is 28.7 Å². The van der Waals surface area contributed by atoms with E-state index in [0.717, 1.165) is 5.69 Å². The average Bonchev–Trinajstić information content (AvgIpc) is 2.21. The summed E-state index contributed by atoms with van der Waals surface area (Å²) in [5.74, 6) is 0. The zero-order valence-corrected chi connectivity index (χ0v) is 9.49. The minimum absolute atomic E-state index is 0.0300. The molecule has 1 rings (SSSR count). The molecule has 84 valence electrons. The molecule has 0 radical (unpaired) electrons. The van der Waals surface area contributed by atoms with Crippen LogP contribution in [0.25, 0.3) is 0 Å². The summed E-state index contributed by atoms with van der Waals surface area (Å²) in [5, 5.41) is 3.26. The van der Waals surface area contributed by atoms with Gasteiger partial charge in [-0.1, -0.05) is 0 Å². The molecule has 1 aromatic heterocycles. The largest absolute Gasteiger partial charge is 0.383 e. The van der Waals surface area contributed by atoms with Crippen molar-refractivity contribution in [3.63, 3.8) is 0 Å². The minimum Gasteiger partial charge on any atom is -0.383 e. The Labute approximate surface area is 89.9 Å². The molecule has 0 saturated carbocycles. The molecule has 0 fully saturated rings. The van der Waals surface area contributed by atoms with Gasteiger partial charge in [0.2, 0.25) is 0 Å². The first-order valence-electron chi connectivity index (χ1n) is 5.13. The van der Waals surface area contributed by atoms with Gasteiger partial charge in [-0.3, -0.25) is 4.79 Å². The van der Waals surface area contributed by atoms with E-state index in [1.54, 1.807) is 23.8 Å². The Hall–Kier alpha value is -1.29. The van der Waals surface area contributed by atoms with Crippen molar-refractivity contribution in [2.24, 2.45) is 0 Å². The second-order valence-electron chi connectivity index (χ2n) is 3.54. The number of anilines is 1. The van der Waals surface area contributed by atoms with Crippen LogP contribution in [0.2, 0.25) is 0 Å². The number of nitrogens with one attached hydrogen (secondary N) is 1. The predicted molar refractivity (Wildman–Crippen MR) is 61.3 cm³/mol. The zero-order chi connectivity index (χ0) is 11.3. The number of aromatic nitrogens is 1. The monoisotopic (exact) mass is 210 g/mol. The van der Waals surface area contributed by atoms with E-state index in [2.05, 4.69) is 5.32 Å². The number of aryl methyl sites for hydroxylation is 1. The van der Waals surface area contributed by atoms with Crippen molar-refractivity contribution < 1.29 is 4.74 Å². The van der Waals surface area contributed by atoms with Crippen molar-refractivity contribution >= 4 is 5.69 Å². The quantitative estimate of drug-likeness (QED) is 0.797. The number of methoxy groups -OCH3 is 1. The first-order chi connectivity index (χ1) is 7.17. The van der Waals surface area contributed by atoms with Crippen LogP contribution >= 0.6 is 0 Å². The van der Waals surface area contributed by atoms with E-state index in [-0.39, 0.29) is 11.6 Å². The van der Waals surface area contributed by atoms with E-state index in [0.29, 0.717) is 13.2 Å². The Morgan fingerprint density at radius 2 is 2.27 bits per heavy atom. The Balaban J connectivity index is 2.74. The van der Waals surface area contributed by atoms with Crippen LogP contribution in [0.4, 0.5) is 5.69 Å². The summed E-state index contributed by atoms with van der Waals surface area (Å²) >= 11 is 0. The highest BCUT2D eigenvalue weighted by molar-refractivity contribution is 5.41. The molecule has 1 aromatic rings. The van der Waals surface area contributed by atoms with Gasteiger partial charge in [0.25, 0.3) is 5.56 Å². The third-order valence-corrected chi connectivity index (χ3v) is 2.15. The third kappa shape index (κ3) is 3.40. The number of ether oxygens (including phenoxy) is 1. The molecular weight excluding hydrogens is 192 g/mol. The fraction of sp³-hybridized carbons (Fsp3) is 0.545. The van der Waals surface area contributed by atoms with Crippen LogP contribution in [0.3, 0.4) is 0 Å². The summed E-state index contributed by atoms with van der Waals surface area (Å²) < 4.78 is 6.69. The van der Waals surface area contributed by atoms with Crippen LogP contribution in [0, 0.1) is 0 Å². The smallest absolute Gasteiger partial charge is 0.250 e. The van der Waals surface area contributed by atoms with Gasteiger partial charge < -0.3 is 14.6 Å². The first kappa shape index (κ1) is 11.8. The van der Waals surface area contributed by atoms with E-state index < -0.39 is 0 Å². The molecular formula is C11H18N2O2. The Kier molecular flexibility index (Phi) is 4.37. The summed E-state index contributed by atoms with van der Waals surface area (Å²) in [4.78, 5) is 11.3. The number of rotatable bonds is 5. The SMILES string of the molecule is CCn1cc(NC(C)COC)ccc1=O. The van der Waals surface area contributed by atoms with Crippen LogP contribution in [0.1, 0.15) is 13.8 Å². The van der Waals surface area contributed by atoms with Gasteiger partial charge in [-0.2, -0.15) is 0 Å². The van der Waals surface area contributed by atoms with Crippen molar-refractivity contribution in [1.82, 2.24) is 4.57 Å². The van der Waals surface area contributed by atoms with Gasteiger partial charge in [0.15, 0.2) is 0 Å². The topological polar surface area (TPSA) is 43.3 Å². The number of hydrogen-bond acceptors (Lipinski definition) is 3. The van der Waals surface area contributed by atoms with Gasteiger partial charge in [0, 0.05) is 32.0 Å². The molecule has 0 spiro atoms. The number of hydrogen-bond donors (Lipinski definition) is 1. The molecule has 4 nitrogen and oxygen atoms in total. The first-order valence-corrected chi connectivity index (χ1v) is 5.13. The van der Waals surface area contributed by atoms with Crippen LogP contribution in [0.15, 0.2) is 23.1 Å². The highest BCUT2D eigenvalue weighted by Gasteiger charge is 2.02. The van der Waals surface area contributed by atoms with Crippen molar-refractivity contribution in [3.8, 4) is 0 Å². The van der Waals surface area contributed by atoms with E-state index in [9.17, 15) is 4.79 Å². The van der Waals surface area contributed by atoms with Crippen molar-refractivity contribution in [1.29, 1.82) is 0 Å². The highest BCUT2D eigenvalue weighted by Crippen LogP contribution is 2.05. The molecule has 0 bridgehead atoms. The number of nitrogens with zero attached hydrogens (tertiary/aromatic N) is 1. The van der Waals surface area contributed by atoms with Crippen molar-refractivity contribution in [2.75, 3.05) is 19.0 Å². The normalized spacial score (nSPS) is 12.5. The summed E-state index contributed by atoms with van der Waals surface area (Å²) in [5.41, 5.74) is 0.975. The maximum Gasteiger partial charge on any atom is 0.250 e. The van der Waals surface area contributed by atoms with Crippen LogP contribution < -0.4 is 10.9 Å². The zero-order valence-electron chi connectivity index (χ0n) is 9.49. The fourth-order valence-corrected chi connectivity index (χ4v) is 1.44. The average molecular weight is 210 g/mol. The van der Waals surface area contributed by atoms with Gasteiger partial charge in [-0.25, -0.2) is 0 Å². The molecule has 1 atom stereocenters. The van der Waals surface area contributed by atoms with Gasteiger partial charge in [-0.05, 0) is 19.9 Å². The Morgan fingerprint density at radius 1 is 1.53 bits per heavy atom. The molecule has 1 N–H and O–H groups in total. The van der Waals surface area contributed by atoms with Gasteiger partial charge in [-0.15, -0.1) is 0 Å².